The lowest BCUT2D eigenvalue weighted by atomic mass is 9.99. The summed E-state index contributed by atoms with van der Waals surface area (Å²) in [6.45, 7) is 2.15. The highest BCUT2D eigenvalue weighted by atomic mass is 35.5. The molecule has 1 aliphatic rings. The first-order valence-electron chi connectivity index (χ1n) is 7.30. The molecule has 1 aliphatic carbocycles. The summed E-state index contributed by atoms with van der Waals surface area (Å²) in [5, 5.41) is 1.83. The molecule has 0 spiro atoms. The van der Waals surface area contributed by atoms with Gasteiger partial charge in [-0.25, -0.2) is 4.98 Å². The molecular formula is C16H20ClN3S. The zero-order chi connectivity index (χ0) is 15.0. The molecule has 2 unspecified atom stereocenters. The second-order valence-corrected chi connectivity index (χ2v) is 7.03. The molecule has 1 aromatic heterocycles. The Hall–Kier alpha value is -1.10. The van der Waals surface area contributed by atoms with E-state index < -0.39 is 0 Å². The van der Waals surface area contributed by atoms with Crippen molar-refractivity contribution in [2.45, 2.75) is 38.3 Å². The van der Waals surface area contributed by atoms with Crippen molar-refractivity contribution in [2.24, 2.45) is 5.73 Å². The van der Waals surface area contributed by atoms with Crippen molar-refractivity contribution in [1.82, 2.24) is 4.98 Å². The van der Waals surface area contributed by atoms with Crippen LogP contribution in [0.2, 0.25) is 5.02 Å². The molecule has 1 heterocycles. The van der Waals surface area contributed by atoms with Gasteiger partial charge in [-0.2, -0.15) is 0 Å². The average Bonchev–Trinajstić information content (AvgIpc) is 2.92. The average molecular weight is 322 g/mol. The van der Waals surface area contributed by atoms with Crippen molar-refractivity contribution in [3.8, 4) is 0 Å². The Kier molecular flexibility index (Phi) is 4.20. The van der Waals surface area contributed by atoms with Crippen molar-refractivity contribution in [1.29, 1.82) is 0 Å². The van der Waals surface area contributed by atoms with Crippen LogP contribution >= 0.6 is 22.9 Å². The van der Waals surface area contributed by atoms with Crippen LogP contribution in [0.25, 0.3) is 0 Å². The molecule has 0 fully saturated rings. The molecular weight excluding hydrogens is 302 g/mol. The number of fused-ring (bicyclic) bond motifs is 1. The predicted molar refractivity (Wildman–Crippen MR) is 90.3 cm³/mol. The highest BCUT2D eigenvalue weighted by molar-refractivity contribution is 7.15. The summed E-state index contributed by atoms with van der Waals surface area (Å²) in [7, 11) is 2.07. The van der Waals surface area contributed by atoms with Crippen molar-refractivity contribution >= 4 is 28.1 Å². The van der Waals surface area contributed by atoms with E-state index in [1.54, 1.807) is 11.3 Å². The summed E-state index contributed by atoms with van der Waals surface area (Å²) in [6, 6.07) is 8.33. The maximum atomic E-state index is 6.31. The first-order valence-corrected chi connectivity index (χ1v) is 8.50. The Labute approximate surface area is 134 Å². The van der Waals surface area contributed by atoms with E-state index in [9.17, 15) is 0 Å². The molecule has 3 nitrogen and oxygen atoms in total. The smallest absolute Gasteiger partial charge is 0.186 e. The molecule has 2 N–H and O–H groups in total. The Morgan fingerprint density at radius 2 is 2.19 bits per heavy atom. The maximum absolute atomic E-state index is 6.31. The lowest BCUT2D eigenvalue weighted by Gasteiger charge is -2.25. The first-order chi connectivity index (χ1) is 10.1. The van der Waals surface area contributed by atoms with E-state index in [2.05, 4.69) is 24.9 Å². The van der Waals surface area contributed by atoms with Gasteiger partial charge in [-0.1, -0.05) is 41.1 Å². The van der Waals surface area contributed by atoms with Crippen LogP contribution in [-0.2, 0) is 6.42 Å². The summed E-state index contributed by atoms with van der Waals surface area (Å²) in [6.07, 6.45) is 3.26. The van der Waals surface area contributed by atoms with Crippen LogP contribution in [0.3, 0.4) is 0 Å². The molecule has 21 heavy (non-hydrogen) atoms. The number of aryl methyl sites for hydroxylation is 1. The van der Waals surface area contributed by atoms with E-state index in [-0.39, 0.29) is 12.1 Å². The normalized spacial score (nSPS) is 19.1. The van der Waals surface area contributed by atoms with Gasteiger partial charge in [0.15, 0.2) is 5.13 Å². The molecule has 1 aromatic carbocycles. The summed E-state index contributed by atoms with van der Waals surface area (Å²) >= 11 is 8.04. The zero-order valence-electron chi connectivity index (χ0n) is 12.3. The number of hydrogen-bond donors (Lipinski definition) is 1. The minimum atomic E-state index is 0.156. The Morgan fingerprint density at radius 3 is 2.90 bits per heavy atom. The third-order valence-electron chi connectivity index (χ3n) is 4.22. The predicted octanol–water partition coefficient (Wildman–Crippen LogP) is 4.33. The highest BCUT2D eigenvalue weighted by Gasteiger charge is 2.25. The van der Waals surface area contributed by atoms with Crippen LogP contribution < -0.4 is 10.6 Å². The molecule has 2 aromatic rings. The van der Waals surface area contributed by atoms with Gasteiger partial charge in [0.05, 0.1) is 11.7 Å². The van der Waals surface area contributed by atoms with Gasteiger partial charge in [-0.05, 0) is 37.8 Å². The van der Waals surface area contributed by atoms with Crippen molar-refractivity contribution in [3.63, 3.8) is 0 Å². The summed E-state index contributed by atoms with van der Waals surface area (Å²) in [4.78, 5) is 8.25. The highest BCUT2D eigenvalue weighted by Crippen LogP contribution is 2.38. The van der Waals surface area contributed by atoms with Crippen LogP contribution in [0.15, 0.2) is 24.3 Å². The lowest BCUT2D eigenvalue weighted by Crippen LogP contribution is -2.21. The Morgan fingerprint density at radius 1 is 1.43 bits per heavy atom. The van der Waals surface area contributed by atoms with Crippen LogP contribution in [0.4, 0.5) is 5.13 Å². The van der Waals surface area contributed by atoms with Crippen LogP contribution in [0.5, 0.6) is 0 Å². The van der Waals surface area contributed by atoms with Gasteiger partial charge >= 0.3 is 0 Å². The van der Waals surface area contributed by atoms with E-state index in [4.69, 9.17) is 22.3 Å². The molecule has 0 saturated carbocycles. The Balaban J connectivity index is 1.88. The number of hydrogen-bond acceptors (Lipinski definition) is 4. The number of aromatic nitrogens is 1. The van der Waals surface area contributed by atoms with Crippen LogP contribution in [0.1, 0.15) is 48.0 Å². The minimum Gasteiger partial charge on any atom is -0.344 e. The van der Waals surface area contributed by atoms with E-state index in [1.165, 1.54) is 10.6 Å². The third-order valence-corrected chi connectivity index (χ3v) is 5.88. The number of halogens is 1. The number of rotatable bonds is 3. The first kappa shape index (κ1) is 14.8. The van der Waals surface area contributed by atoms with Gasteiger partial charge in [0, 0.05) is 23.0 Å². The van der Waals surface area contributed by atoms with Gasteiger partial charge in [-0.15, -0.1) is 0 Å². The lowest BCUT2D eigenvalue weighted by molar-refractivity contribution is 0.573. The number of nitrogens with two attached hydrogens (primary N) is 1. The fourth-order valence-corrected chi connectivity index (χ4v) is 4.26. The van der Waals surface area contributed by atoms with Crippen LogP contribution in [0, 0.1) is 0 Å². The molecule has 0 bridgehead atoms. The number of benzene rings is 1. The topological polar surface area (TPSA) is 42.2 Å². The van der Waals surface area contributed by atoms with Crippen LogP contribution in [-0.4, -0.2) is 12.0 Å². The maximum Gasteiger partial charge on any atom is 0.186 e. The third kappa shape index (κ3) is 2.80. The van der Waals surface area contributed by atoms with Gasteiger partial charge in [0.1, 0.15) is 0 Å². The largest absolute Gasteiger partial charge is 0.344 e. The monoisotopic (exact) mass is 321 g/mol. The summed E-state index contributed by atoms with van der Waals surface area (Å²) in [5.41, 5.74) is 8.51. The van der Waals surface area contributed by atoms with E-state index in [0.717, 1.165) is 35.0 Å². The number of nitrogens with zero attached hydrogens (tertiary/aromatic N) is 2. The molecule has 3 rings (SSSR count). The zero-order valence-corrected chi connectivity index (χ0v) is 13.9. The standard InChI is InChI=1S/C16H20ClN3S/c1-10(11-6-3-4-7-12(11)17)20(2)16-19-14-9-5-8-13(18)15(14)21-16/h3-4,6-7,10,13H,5,8-9,18H2,1-2H3. The molecule has 5 heteroatoms. The van der Waals surface area contributed by atoms with Crippen molar-refractivity contribution < 1.29 is 0 Å². The summed E-state index contributed by atoms with van der Waals surface area (Å²) < 4.78 is 0. The van der Waals surface area contributed by atoms with Gasteiger partial charge in [0.2, 0.25) is 0 Å². The second kappa shape index (κ2) is 5.95. The number of thiazole rings is 1. The summed E-state index contributed by atoms with van der Waals surface area (Å²) in [5.74, 6) is 0. The molecule has 112 valence electrons. The van der Waals surface area contributed by atoms with Gasteiger partial charge < -0.3 is 10.6 Å². The molecule has 0 amide bonds. The van der Waals surface area contributed by atoms with E-state index >= 15 is 0 Å². The van der Waals surface area contributed by atoms with Gasteiger partial charge in [-0.3, -0.25) is 0 Å². The van der Waals surface area contributed by atoms with E-state index in [0.29, 0.717) is 0 Å². The second-order valence-electron chi connectivity index (χ2n) is 5.61. The molecule has 0 saturated heterocycles. The van der Waals surface area contributed by atoms with E-state index in [1.807, 2.05) is 18.2 Å². The quantitative estimate of drug-likeness (QED) is 0.915. The minimum absolute atomic E-state index is 0.156. The van der Waals surface area contributed by atoms with Gasteiger partial charge in [0.25, 0.3) is 0 Å². The number of anilines is 1. The molecule has 2 atom stereocenters. The molecule has 0 aliphatic heterocycles. The molecule has 0 radical (unpaired) electrons. The SMILES string of the molecule is CC(c1ccccc1Cl)N(C)c1nc2c(s1)C(N)CCC2. The Bertz CT molecular complexity index is 640. The fraction of sp³-hybridized carbons (Fsp3) is 0.438. The van der Waals surface area contributed by atoms with Crippen molar-refractivity contribution in [3.05, 3.63) is 45.4 Å². The van der Waals surface area contributed by atoms with Crippen molar-refractivity contribution in [2.75, 3.05) is 11.9 Å². The fourth-order valence-electron chi connectivity index (χ4n) is 2.78.